The fraction of sp³-hybridized carbons (Fsp3) is 0.238. The van der Waals surface area contributed by atoms with Gasteiger partial charge in [-0.1, -0.05) is 33.6 Å². The summed E-state index contributed by atoms with van der Waals surface area (Å²) in [6.45, 7) is 2.52. The fourth-order valence-corrected chi connectivity index (χ4v) is 6.38. The maximum Gasteiger partial charge on any atom is 0.231 e. The third-order valence-corrected chi connectivity index (χ3v) is 7.59. The number of nitrogens with zero attached hydrogens (tertiary/aromatic N) is 1. The summed E-state index contributed by atoms with van der Waals surface area (Å²) in [5.41, 5.74) is 3.42. The highest BCUT2D eigenvalue weighted by Crippen LogP contribution is 2.56. The lowest BCUT2D eigenvalue weighted by Gasteiger charge is -2.25. The SMILES string of the molecule is Clc1ccc(CN2CC3(COc4cc5c(cc43)OCO5)c3c(Br)cccc32)s1. The molecule has 3 aliphatic rings. The highest BCUT2D eigenvalue weighted by atomic mass is 79.9. The van der Waals surface area contributed by atoms with Gasteiger partial charge < -0.3 is 19.1 Å². The molecule has 0 aliphatic carbocycles. The Morgan fingerprint density at radius 3 is 2.75 bits per heavy atom. The zero-order valence-electron chi connectivity index (χ0n) is 14.7. The Bertz CT molecular complexity index is 1120. The van der Waals surface area contributed by atoms with E-state index in [-0.39, 0.29) is 12.2 Å². The molecule has 0 N–H and O–H groups in total. The van der Waals surface area contributed by atoms with Crippen molar-refractivity contribution in [2.45, 2.75) is 12.0 Å². The Morgan fingerprint density at radius 1 is 1.07 bits per heavy atom. The van der Waals surface area contributed by atoms with Gasteiger partial charge in [-0.15, -0.1) is 11.3 Å². The Hall–Kier alpha value is -1.89. The van der Waals surface area contributed by atoms with Gasteiger partial charge in [-0.05, 0) is 30.3 Å². The van der Waals surface area contributed by atoms with Crippen molar-refractivity contribution >= 4 is 44.6 Å². The second kappa shape index (κ2) is 6.05. The molecule has 28 heavy (non-hydrogen) atoms. The Morgan fingerprint density at radius 2 is 1.93 bits per heavy atom. The van der Waals surface area contributed by atoms with E-state index >= 15 is 0 Å². The van der Waals surface area contributed by atoms with Crippen LogP contribution in [0.25, 0.3) is 0 Å². The molecule has 0 saturated heterocycles. The van der Waals surface area contributed by atoms with Gasteiger partial charge in [0.25, 0.3) is 0 Å². The Balaban J connectivity index is 1.49. The van der Waals surface area contributed by atoms with Crippen LogP contribution < -0.4 is 19.1 Å². The molecule has 3 aliphatic heterocycles. The normalized spacial score (nSPS) is 21.1. The van der Waals surface area contributed by atoms with Gasteiger partial charge in [-0.2, -0.15) is 0 Å². The molecule has 142 valence electrons. The van der Waals surface area contributed by atoms with E-state index in [0.717, 1.165) is 44.7 Å². The zero-order chi connectivity index (χ0) is 18.9. The predicted molar refractivity (Wildman–Crippen MR) is 113 cm³/mol. The molecule has 0 saturated carbocycles. The van der Waals surface area contributed by atoms with Crippen LogP contribution in [0.2, 0.25) is 4.34 Å². The molecule has 0 amide bonds. The van der Waals surface area contributed by atoms with E-state index in [0.29, 0.717) is 6.61 Å². The van der Waals surface area contributed by atoms with Gasteiger partial charge in [-0.25, -0.2) is 0 Å². The molecule has 1 unspecified atom stereocenters. The number of benzene rings is 2. The van der Waals surface area contributed by atoms with Crippen LogP contribution in [-0.2, 0) is 12.0 Å². The summed E-state index contributed by atoms with van der Waals surface area (Å²) >= 11 is 11.6. The molecule has 2 aromatic carbocycles. The minimum absolute atomic E-state index is 0.243. The summed E-state index contributed by atoms with van der Waals surface area (Å²) < 4.78 is 19.3. The van der Waals surface area contributed by atoms with Crippen LogP contribution in [0.5, 0.6) is 17.2 Å². The van der Waals surface area contributed by atoms with E-state index in [4.69, 9.17) is 25.8 Å². The van der Waals surface area contributed by atoms with Gasteiger partial charge in [0.2, 0.25) is 6.79 Å². The van der Waals surface area contributed by atoms with Crippen LogP contribution in [0.4, 0.5) is 5.69 Å². The van der Waals surface area contributed by atoms with E-state index in [9.17, 15) is 0 Å². The monoisotopic (exact) mass is 475 g/mol. The minimum atomic E-state index is -0.243. The first kappa shape index (κ1) is 17.0. The molecule has 3 aromatic rings. The number of rotatable bonds is 2. The van der Waals surface area contributed by atoms with Gasteiger partial charge in [0.05, 0.1) is 16.3 Å². The maximum atomic E-state index is 6.17. The van der Waals surface area contributed by atoms with Gasteiger partial charge in [-0.3, -0.25) is 0 Å². The summed E-state index contributed by atoms with van der Waals surface area (Å²) in [4.78, 5) is 3.67. The van der Waals surface area contributed by atoms with E-state index in [2.05, 4.69) is 51.2 Å². The summed E-state index contributed by atoms with van der Waals surface area (Å²) in [5, 5.41) is 0. The number of halogens is 2. The van der Waals surface area contributed by atoms with Crippen molar-refractivity contribution in [3.63, 3.8) is 0 Å². The second-order valence-corrected chi connectivity index (χ2v) is 9.92. The van der Waals surface area contributed by atoms with Crippen molar-refractivity contribution in [3.8, 4) is 17.2 Å². The van der Waals surface area contributed by atoms with Crippen molar-refractivity contribution < 1.29 is 14.2 Å². The quantitative estimate of drug-likeness (QED) is 0.482. The summed E-state index contributed by atoms with van der Waals surface area (Å²) in [6, 6.07) is 14.5. The first-order chi connectivity index (χ1) is 13.6. The van der Waals surface area contributed by atoms with Gasteiger partial charge in [0.15, 0.2) is 11.5 Å². The van der Waals surface area contributed by atoms with E-state index in [1.54, 1.807) is 11.3 Å². The van der Waals surface area contributed by atoms with Gasteiger partial charge >= 0.3 is 0 Å². The maximum absolute atomic E-state index is 6.17. The van der Waals surface area contributed by atoms with Crippen molar-refractivity contribution in [2.75, 3.05) is 24.8 Å². The Kier molecular flexibility index (Phi) is 3.68. The molecule has 1 atom stereocenters. The molecular formula is C21H15BrClNO3S. The van der Waals surface area contributed by atoms with E-state index in [1.165, 1.54) is 16.1 Å². The van der Waals surface area contributed by atoms with E-state index < -0.39 is 0 Å². The zero-order valence-corrected chi connectivity index (χ0v) is 17.9. The van der Waals surface area contributed by atoms with E-state index in [1.807, 2.05) is 12.1 Å². The van der Waals surface area contributed by atoms with Crippen LogP contribution in [-0.4, -0.2) is 19.9 Å². The van der Waals surface area contributed by atoms with Crippen molar-refractivity contribution in [2.24, 2.45) is 0 Å². The standard InChI is InChI=1S/C21H15BrClNO3S/c22-14-2-1-3-15-20(14)21(9-24(15)8-12-4-5-19(23)28-12)10-25-16-7-18-17(6-13(16)21)26-11-27-18/h1-7H,8-11H2. The average molecular weight is 477 g/mol. The lowest BCUT2D eigenvalue weighted by molar-refractivity contribution is 0.173. The van der Waals surface area contributed by atoms with Crippen LogP contribution in [0.3, 0.4) is 0 Å². The smallest absolute Gasteiger partial charge is 0.231 e. The van der Waals surface area contributed by atoms with Crippen LogP contribution in [0.1, 0.15) is 16.0 Å². The van der Waals surface area contributed by atoms with Crippen LogP contribution in [0.15, 0.2) is 46.9 Å². The van der Waals surface area contributed by atoms with Crippen molar-refractivity contribution in [1.82, 2.24) is 0 Å². The number of fused-ring (bicyclic) bond motifs is 5. The molecule has 1 aromatic heterocycles. The van der Waals surface area contributed by atoms with Crippen molar-refractivity contribution in [3.05, 3.63) is 67.3 Å². The summed E-state index contributed by atoms with van der Waals surface area (Å²) in [6.07, 6.45) is 0. The largest absolute Gasteiger partial charge is 0.492 e. The number of anilines is 1. The summed E-state index contributed by atoms with van der Waals surface area (Å²) in [7, 11) is 0. The van der Waals surface area contributed by atoms with Gasteiger partial charge in [0.1, 0.15) is 12.4 Å². The second-order valence-electron chi connectivity index (χ2n) is 7.27. The van der Waals surface area contributed by atoms with Crippen molar-refractivity contribution in [1.29, 1.82) is 0 Å². The molecule has 0 bridgehead atoms. The van der Waals surface area contributed by atoms with Gasteiger partial charge in [0, 0.05) is 38.8 Å². The molecular weight excluding hydrogens is 462 g/mol. The highest BCUT2D eigenvalue weighted by Gasteiger charge is 2.51. The number of hydrogen-bond acceptors (Lipinski definition) is 5. The molecule has 4 nitrogen and oxygen atoms in total. The topological polar surface area (TPSA) is 30.9 Å². The molecule has 6 rings (SSSR count). The summed E-state index contributed by atoms with van der Waals surface area (Å²) in [5.74, 6) is 2.43. The minimum Gasteiger partial charge on any atom is -0.492 e. The molecule has 0 radical (unpaired) electrons. The Labute approximate surface area is 179 Å². The first-order valence-electron chi connectivity index (χ1n) is 8.99. The molecule has 0 fully saturated rings. The highest BCUT2D eigenvalue weighted by molar-refractivity contribution is 9.10. The number of ether oxygens (including phenoxy) is 3. The molecule has 1 spiro atoms. The molecule has 7 heteroatoms. The average Bonchev–Trinajstić information content (AvgIpc) is 3.43. The predicted octanol–water partition coefficient (Wildman–Crippen LogP) is 5.59. The lowest BCUT2D eigenvalue weighted by Crippen LogP contribution is -2.36. The first-order valence-corrected chi connectivity index (χ1v) is 11.0. The fourth-order valence-electron chi connectivity index (χ4n) is 4.54. The third kappa shape index (κ3) is 2.34. The molecule has 4 heterocycles. The van der Waals surface area contributed by atoms with Crippen LogP contribution >= 0.6 is 38.9 Å². The third-order valence-electron chi connectivity index (χ3n) is 5.71. The number of hydrogen-bond donors (Lipinski definition) is 0. The number of thiophene rings is 1. The van der Waals surface area contributed by atoms with Crippen LogP contribution in [0, 0.1) is 0 Å². The lowest BCUT2D eigenvalue weighted by atomic mass is 9.77.